The van der Waals surface area contributed by atoms with Crippen LogP contribution >= 0.6 is 0 Å². The molecular formula is C18H22N4O5S. The van der Waals surface area contributed by atoms with Gasteiger partial charge in [0.15, 0.2) is 0 Å². The van der Waals surface area contributed by atoms with Gasteiger partial charge in [0.25, 0.3) is 0 Å². The molecule has 1 saturated heterocycles. The number of carbonyl (C=O) groups is 2. The second-order valence-electron chi connectivity index (χ2n) is 6.38. The minimum absolute atomic E-state index is 0.112. The fourth-order valence-corrected chi connectivity index (χ4v) is 4.51. The molecule has 9 nitrogen and oxygen atoms in total. The van der Waals surface area contributed by atoms with Gasteiger partial charge < -0.3 is 10.1 Å². The maximum atomic E-state index is 12.8. The number of nitrogens with zero attached hydrogens (tertiary/aromatic N) is 2. The fraction of sp³-hybridized carbons (Fsp3) is 0.389. The van der Waals surface area contributed by atoms with Crippen LogP contribution in [-0.4, -0.2) is 54.5 Å². The molecule has 150 valence electrons. The zero-order chi connectivity index (χ0) is 20.1. The van der Waals surface area contributed by atoms with E-state index in [-0.39, 0.29) is 36.4 Å². The van der Waals surface area contributed by atoms with Gasteiger partial charge in [-0.2, -0.15) is 9.40 Å². The van der Waals surface area contributed by atoms with Gasteiger partial charge in [-0.1, -0.05) is 0 Å². The molecule has 1 amide bonds. The third-order valence-electron chi connectivity index (χ3n) is 4.59. The van der Waals surface area contributed by atoms with E-state index in [0.29, 0.717) is 24.2 Å². The molecule has 0 unspecified atom stereocenters. The van der Waals surface area contributed by atoms with E-state index >= 15 is 0 Å². The molecule has 1 aliphatic heterocycles. The van der Waals surface area contributed by atoms with Crippen molar-refractivity contribution < 1.29 is 22.7 Å². The lowest BCUT2D eigenvalue weighted by atomic mass is 9.97. The molecule has 1 fully saturated rings. The maximum Gasteiger partial charge on any atom is 0.338 e. The van der Waals surface area contributed by atoms with Gasteiger partial charge in [-0.3, -0.25) is 9.89 Å². The van der Waals surface area contributed by atoms with Gasteiger partial charge in [0.2, 0.25) is 15.9 Å². The molecule has 0 spiro atoms. The van der Waals surface area contributed by atoms with Gasteiger partial charge in [-0.15, -0.1) is 0 Å². The zero-order valence-electron chi connectivity index (χ0n) is 15.4. The number of hydrogen-bond acceptors (Lipinski definition) is 6. The summed E-state index contributed by atoms with van der Waals surface area (Å²) in [7, 11) is -3.68. The van der Waals surface area contributed by atoms with E-state index in [1.165, 1.54) is 34.8 Å². The quantitative estimate of drug-likeness (QED) is 0.703. The van der Waals surface area contributed by atoms with Crippen LogP contribution in [0.15, 0.2) is 41.4 Å². The van der Waals surface area contributed by atoms with Crippen molar-refractivity contribution in [3.63, 3.8) is 0 Å². The highest BCUT2D eigenvalue weighted by atomic mass is 32.2. The van der Waals surface area contributed by atoms with Crippen LogP contribution in [0.1, 0.15) is 30.1 Å². The Balaban J connectivity index is 1.61. The third kappa shape index (κ3) is 4.39. The van der Waals surface area contributed by atoms with Crippen LogP contribution in [0.3, 0.4) is 0 Å². The summed E-state index contributed by atoms with van der Waals surface area (Å²) in [6.45, 7) is 2.46. The number of benzene rings is 1. The fourth-order valence-electron chi connectivity index (χ4n) is 3.05. The molecule has 10 heteroatoms. The summed E-state index contributed by atoms with van der Waals surface area (Å²) in [4.78, 5) is 24.1. The molecule has 1 aliphatic rings. The van der Waals surface area contributed by atoms with Crippen LogP contribution in [0.2, 0.25) is 0 Å². The Bertz CT molecular complexity index is 917. The average Bonchev–Trinajstić information content (AvgIpc) is 3.21. The second kappa shape index (κ2) is 8.53. The smallest absolute Gasteiger partial charge is 0.338 e. The first kappa shape index (κ1) is 20.0. The number of sulfonamides is 1. The Hall–Kier alpha value is -2.72. The van der Waals surface area contributed by atoms with E-state index in [2.05, 4.69) is 15.5 Å². The second-order valence-corrected chi connectivity index (χ2v) is 8.32. The van der Waals surface area contributed by atoms with Crippen molar-refractivity contribution in [2.24, 2.45) is 5.92 Å². The Morgan fingerprint density at radius 1 is 1.21 bits per heavy atom. The Kier molecular flexibility index (Phi) is 6.10. The van der Waals surface area contributed by atoms with Crippen LogP contribution in [0.5, 0.6) is 0 Å². The molecule has 1 aromatic heterocycles. The number of hydrogen-bond donors (Lipinski definition) is 2. The van der Waals surface area contributed by atoms with Crippen molar-refractivity contribution in [3.8, 4) is 0 Å². The van der Waals surface area contributed by atoms with Crippen LogP contribution in [0.4, 0.5) is 5.82 Å². The number of aromatic amines is 1. The van der Waals surface area contributed by atoms with Crippen LogP contribution in [0, 0.1) is 5.92 Å². The van der Waals surface area contributed by atoms with Crippen molar-refractivity contribution in [2.75, 3.05) is 25.0 Å². The van der Waals surface area contributed by atoms with E-state index in [9.17, 15) is 18.0 Å². The normalized spacial score (nSPS) is 15.9. The predicted octanol–water partition coefficient (Wildman–Crippen LogP) is 1.63. The number of ether oxygens (including phenoxy) is 1. The lowest BCUT2D eigenvalue weighted by Crippen LogP contribution is -2.41. The van der Waals surface area contributed by atoms with Gasteiger partial charge in [-0.25, -0.2) is 13.2 Å². The summed E-state index contributed by atoms with van der Waals surface area (Å²) in [5.74, 6) is -0.390. The van der Waals surface area contributed by atoms with Crippen LogP contribution in [-0.2, 0) is 19.6 Å². The van der Waals surface area contributed by atoms with Crippen LogP contribution < -0.4 is 5.32 Å². The van der Waals surface area contributed by atoms with Gasteiger partial charge in [-0.05, 0) is 44.0 Å². The molecule has 2 heterocycles. The lowest BCUT2D eigenvalue weighted by molar-refractivity contribution is -0.120. The molecule has 0 saturated carbocycles. The highest BCUT2D eigenvalue weighted by Crippen LogP contribution is 2.25. The zero-order valence-corrected chi connectivity index (χ0v) is 16.2. The number of rotatable bonds is 6. The van der Waals surface area contributed by atoms with Gasteiger partial charge in [0, 0.05) is 25.1 Å². The van der Waals surface area contributed by atoms with Crippen molar-refractivity contribution in [1.29, 1.82) is 0 Å². The average molecular weight is 406 g/mol. The number of nitrogens with one attached hydrogen (secondary N) is 2. The van der Waals surface area contributed by atoms with Crippen molar-refractivity contribution in [3.05, 3.63) is 42.1 Å². The summed E-state index contributed by atoms with van der Waals surface area (Å²) in [5, 5.41) is 9.17. The first-order valence-electron chi connectivity index (χ1n) is 8.99. The van der Waals surface area contributed by atoms with Crippen LogP contribution in [0.25, 0.3) is 0 Å². The highest BCUT2D eigenvalue weighted by Gasteiger charge is 2.32. The van der Waals surface area contributed by atoms with E-state index < -0.39 is 16.0 Å². The Morgan fingerprint density at radius 3 is 2.46 bits per heavy atom. The molecule has 28 heavy (non-hydrogen) atoms. The number of aromatic nitrogens is 2. The first-order valence-corrected chi connectivity index (χ1v) is 10.4. The summed E-state index contributed by atoms with van der Waals surface area (Å²) in [6, 6.07) is 7.33. The Labute approximate surface area is 163 Å². The molecule has 2 aromatic rings. The topological polar surface area (TPSA) is 121 Å². The summed E-state index contributed by atoms with van der Waals surface area (Å²) in [5.41, 5.74) is 0.301. The lowest BCUT2D eigenvalue weighted by Gasteiger charge is -2.30. The molecule has 0 aliphatic carbocycles. The van der Waals surface area contributed by atoms with Gasteiger partial charge >= 0.3 is 5.97 Å². The molecule has 0 atom stereocenters. The largest absolute Gasteiger partial charge is 0.462 e. The summed E-state index contributed by atoms with van der Waals surface area (Å²) >= 11 is 0. The molecule has 1 aromatic carbocycles. The molecule has 3 rings (SSSR count). The van der Waals surface area contributed by atoms with E-state index in [4.69, 9.17) is 4.74 Å². The van der Waals surface area contributed by atoms with E-state index in [0.717, 1.165) is 0 Å². The Morgan fingerprint density at radius 2 is 1.89 bits per heavy atom. The number of amides is 1. The third-order valence-corrected chi connectivity index (χ3v) is 6.50. The van der Waals surface area contributed by atoms with Gasteiger partial charge in [0.05, 0.1) is 23.3 Å². The molecule has 0 bridgehead atoms. The van der Waals surface area contributed by atoms with Crippen molar-refractivity contribution in [2.45, 2.75) is 24.7 Å². The number of anilines is 1. The summed E-state index contributed by atoms with van der Waals surface area (Å²) in [6.07, 6.45) is 2.40. The molecule has 0 radical (unpaired) electrons. The van der Waals surface area contributed by atoms with E-state index in [1.54, 1.807) is 13.0 Å². The maximum absolute atomic E-state index is 12.8. The number of H-pyrrole nitrogens is 1. The van der Waals surface area contributed by atoms with Crippen molar-refractivity contribution in [1.82, 2.24) is 14.5 Å². The monoisotopic (exact) mass is 406 g/mol. The first-order chi connectivity index (χ1) is 13.4. The SMILES string of the molecule is CCOC(=O)c1ccc(S(=O)(=O)N2CCC(C(=O)Nc3ccn[nH]3)CC2)cc1. The van der Waals surface area contributed by atoms with E-state index in [1.807, 2.05) is 0 Å². The standard InChI is InChI=1S/C18H22N4O5S/c1-2-27-18(24)14-3-5-15(6-4-14)28(25,26)22-11-8-13(9-12-22)17(23)20-16-7-10-19-21-16/h3-7,10,13H,2,8-9,11-12H2,1H3,(H2,19,20,21,23). The number of piperidine rings is 1. The van der Waals surface area contributed by atoms with Gasteiger partial charge in [0.1, 0.15) is 5.82 Å². The minimum Gasteiger partial charge on any atom is -0.462 e. The predicted molar refractivity (Wildman–Crippen MR) is 101 cm³/mol. The van der Waals surface area contributed by atoms with Crippen molar-refractivity contribution >= 4 is 27.7 Å². The molecule has 2 N–H and O–H groups in total. The molecular weight excluding hydrogens is 384 g/mol. The summed E-state index contributed by atoms with van der Waals surface area (Å²) < 4.78 is 31.9. The number of carbonyl (C=O) groups excluding carboxylic acids is 2. The number of esters is 1. The minimum atomic E-state index is -3.68. The highest BCUT2D eigenvalue weighted by molar-refractivity contribution is 7.89.